The van der Waals surface area contributed by atoms with Gasteiger partial charge < -0.3 is 10.1 Å². The van der Waals surface area contributed by atoms with E-state index in [2.05, 4.69) is 11.4 Å². The van der Waals surface area contributed by atoms with Gasteiger partial charge in [-0.25, -0.2) is 0 Å². The molecule has 96 valence electrons. The first-order chi connectivity index (χ1) is 9.22. The number of halogens is 1. The summed E-state index contributed by atoms with van der Waals surface area (Å²) >= 11 is 5.96. The Balaban J connectivity index is 2.09. The molecule has 0 amide bonds. The fourth-order valence-corrected chi connectivity index (χ4v) is 1.88. The fourth-order valence-electron chi connectivity index (χ4n) is 1.71. The summed E-state index contributed by atoms with van der Waals surface area (Å²) in [5, 5.41) is 12.7. The summed E-state index contributed by atoms with van der Waals surface area (Å²) in [6.45, 7) is 0.641. The molecule has 4 heteroatoms. The zero-order chi connectivity index (χ0) is 13.7. The average Bonchev–Trinajstić information content (AvgIpc) is 2.46. The van der Waals surface area contributed by atoms with E-state index in [4.69, 9.17) is 21.6 Å². The van der Waals surface area contributed by atoms with Crippen molar-refractivity contribution >= 4 is 17.3 Å². The Labute approximate surface area is 117 Å². The molecule has 0 aliphatic rings. The summed E-state index contributed by atoms with van der Waals surface area (Å²) in [5.41, 5.74) is 2.59. The van der Waals surface area contributed by atoms with Gasteiger partial charge in [0.2, 0.25) is 0 Å². The summed E-state index contributed by atoms with van der Waals surface area (Å²) in [4.78, 5) is 0. The second kappa shape index (κ2) is 6.12. The summed E-state index contributed by atoms with van der Waals surface area (Å²) in [5.74, 6) is 0.748. The van der Waals surface area contributed by atoms with Gasteiger partial charge in [0.25, 0.3) is 0 Å². The quantitative estimate of drug-likeness (QED) is 0.920. The molecule has 0 unspecified atom stereocenters. The zero-order valence-electron chi connectivity index (χ0n) is 10.5. The molecule has 0 radical (unpaired) electrons. The predicted molar refractivity (Wildman–Crippen MR) is 76.5 cm³/mol. The Hall–Kier alpha value is -2.18. The molecule has 0 saturated heterocycles. The summed E-state index contributed by atoms with van der Waals surface area (Å²) in [6.07, 6.45) is 0. The van der Waals surface area contributed by atoms with Crippen LogP contribution in [-0.4, -0.2) is 7.11 Å². The Morgan fingerprint density at radius 2 is 1.95 bits per heavy atom. The molecule has 0 spiro atoms. The van der Waals surface area contributed by atoms with E-state index >= 15 is 0 Å². The van der Waals surface area contributed by atoms with Crippen molar-refractivity contribution in [1.29, 1.82) is 5.26 Å². The van der Waals surface area contributed by atoms with Crippen molar-refractivity contribution in [1.82, 2.24) is 0 Å². The molecule has 1 N–H and O–H groups in total. The Morgan fingerprint density at radius 1 is 1.21 bits per heavy atom. The third-order valence-corrected chi connectivity index (χ3v) is 2.96. The van der Waals surface area contributed by atoms with Crippen LogP contribution in [0.4, 0.5) is 5.69 Å². The van der Waals surface area contributed by atoms with E-state index < -0.39 is 0 Å². The Bertz CT molecular complexity index is 603. The number of benzene rings is 2. The standard InChI is InChI=1S/C15H13ClN2O/c1-19-15-7-6-13(16)8-14(15)18-10-12-4-2-11(9-17)3-5-12/h2-8,18H,10H2,1H3. The first-order valence-electron chi connectivity index (χ1n) is 5.79. The lowest BCUT2D eigenvalue weighted by atomic mass is 10.1. The lowest BCUT2D eigenvalue weighted by Gasteiger charge is -2.11. The molecule has 0 aliphatic carbocycles. The molecule has 0 aromatic heterocycles. The second-order valence-corrected chi connectivity index (χ2v) is 4.44. The van der Waals surface area contributed by atoms with Gasteiger partial charge in [-0.05, 0) is 35.9 Å². The largest absolute Gasteiger partial charge is 0.495 e. The molecule has 0 aliphatic heterocycles. The van der Waals surface area contributed by atoms with E-state index in [1.807, 2.05) is 24.3 Å². The van der Waals surface area contributed by atoms with Gasteiger partial charge in [-0.1, -0.05) is 23.7 Å². The molecule has 2 rings (SSSR count). The van der Waals surface area contributed by atoms with Gasteiger partial charge in [0, 0.05) is 11.6 Å². The number of methoxy groups -OCH3 is 1. The number of nitrogens with zero attached hydrogens (tertiary/aromatic N) is 1. The number of nitriles is 1. The van der Waals surface area contributed by atoms with Crippen LogP contribution in [0.1, 0.15) is 11.1 Å². The molecule has 0 heterocycles. The Kier molecular flexibility index (Phi) is 4.27. The smallest absolute Gasteiger partial charge is 0.142 e. The second-order valence-electron chi connectivity index (χ2n) is 4.01. The lowest BCUT2D eigenvalue weighted by Crippen LogP contribution is -2.01. The maximum absolute atomic E-state index is 8.74. The third-order valence-electron chi connectivity index (χ3n) is 2.73. The molecule has 0 saturated carbocycles. The monoisotopic (exact) mass is 272 g/mol. The van der Waals surface area contributed by atoms with Crippen molar-refractivity contribution in [3.05, 3.63) is 58.6 Å². The van der Waals surface area contributed by atoms with Gasteiger partial charge in [0.05, 0.1) is 24.4 Å². The van der Waals surface area contributed by atoms with Crippen LogP contribution >= 0.6 is 11.6 Å². The minimum atomic E-state index is 0.641. The van der Waals surface area contributed by atoms with Crippen LogP contribution in [0.2, 0.25) is 5.02 Å². The topological polar surface area (TPSA) is 45.0 Å². The maximum atomic E-state index is 8.74. The van der Waals surface area contributed by atoms with Crippen molar-refractivity contribution in [2.45, 2.75) is 6.54 Å². The van der Waals surface area contributed by atoms with Crippen LogP contribution in [0.5, 0.6) is 5.75 Å². The molecule has 2 aromatic carbocycles. The molecule has 3 nitrogen and oxygen atoms in total. The SMILES string of the molecule is COc1ccc(Cl)cc1NCc1ccc(C#N)cc1. The van der Waals surface area contributed by atoms with E-state index in [1.54, 1.807) is 25.3 Å². The van der Waals surface area contributed by atoms with Crippen molar-refractivity contribution < 1.29 is 4.74 Å². The highest BCUT2D eigenvalue weighted by Crippen LogP contribution is 2.28. The van der Waals surface area contributed by atoms with Crippen LogP contribution in [0.25, 0.3) is 0 Å². The molecule has 19 heavy (non-hydrogen) atoms. The number of nitrogens with one attached hydrogen (secondary N) is 1. The van der Waals surface area contributed by atoms with E-state index in [-0.39, 0.29) is 0 Å². The number of ether oxygens (including phenoxy) is 1. The first kappa shape index (κ1) is 13.3. The van der Waals surface area contributed by atoms with Gasteiger partial charge in [0.1, 0.15) is 5.75 Å². The van der Waals surface area contributed by atoms with Crippen LogP contribution in [0.3, 0.4) is 0 Å². The minimum absolute atomic E-state index is 0.641. The zero-order valence-corrected chi connectivity index (χ0v) is 11.2. The van der Waals surface area contributed by atoms with Crippen molar-refractivity contribution in [3.63, 3.8) is 0 Å². The molecule has 2 aromatic rings. The van der Waals surface area contributed by atoms with Gasteiger partial charge >= 0.3 is 0 Å². The van der Waals surface area contributed by atoms with E-state index in [9.17, 15) is 0 Å². The van der Waals surface area contributed by atoms with Crippen LogP contribution in [0.15, 0.2) is 42.5 Å². The number of hydrogen-bond donors (Lipinski definition) is 1. The number of rotatable bonds is 4. The first-order valence-corrected chi connectivity index (χ1v) is 6.17. The van der Waals surface area contributed by atoms with Crippen molar-refractivity contribution in [3.8, 4) is 11.8 Å². The highest BCUT2D eigenvalue weighted by molar-refractivity contribution is 6.30. The molecule has 0 fully saturated rings. The highest BCUT2D eigenvalue weighted by Gasteiger charge is 2.03. The van der Waals surface area contributed by atoms with Gasteiger partial charge in [0.15, 0.2) is 0 Å². The number of anilines is 1. The van der Waals surface area contributed by atoms with E-state index in [0.29, 0.717) is 17.1 Å². The minimum Gasteiger partial charge on any atom is -0.495 e. The summed E-state index contributed by atoms with van der Waals surface area (Å²) < 4.78 is 5.26. The van der Waals surface area contributed by atoms with Crippen LogP contribution in [0, 0.1) is 11.3 Å². The van der Waals surface area contributed by atoms with Gasteiger partial charge in [-0.15, -0.1) is 0 Å². The van der Waals surface area contributed by atoms with Crippen molar-refractivity contribution in [2.75, 3.05) is 12.4 Å². The molecule has 0 bridgehead atoms. The van der Waals surface area contributed by atoms with Gasteiger partial charge in [-0.2, -0.15) is 5.26 Å². The van der Waals surface area contributed by atoms with Crippen molar-refractivity contribution in [2.24, 2.45) is 0 Å². The summed E-state index contributed by atoms with van der Waals surface area (Å²) in [7, 11) is 1.62. The molecule has 0 atom stereocenters. The molecular weight excluding hydrogens is 260 g/mol. The van der Waals surface area contributed by atoms with Crippen LogP contribution < -0.4 is 10.1 Å². The van der Waals surface area contributed by atoms with E-state index in [0.717, 1.165) is 17.0 Å². The summed E-state index contributed by atoms with van der Waals surface area (Å²) in [6, 6.07) is 15.0. The third kappa shape index (κ3) is 3.40. The lowest BCUT2D eigenvalue weighted by molar-refractivity contribution is 0.416. The predicted octanol–water partition coefficient (Wildman–Crippen LogP) is 3.83. The Morgan fingerprint density at radius 3 is 2.58 bits per heavy atom. The fraction of sp³-hybridized carbons (Fsp3) is 0.133. The normalized spacial score (nSPS) is 9.74. The maximum Gasteiger partial charge on any atom is 0.142 e. The van der Waals surface area contributed by atoms with E-state index in [1.165, 1.54) is 0 Å². The van der Waals surface area contributed by atoms with Crippen LogP contribution in [-0.2, 0) is 6.54 Å². The highest BCUT2D eigenvalue weighted by atomic mass is 35.5. The van der Waals surface area contributed by atoms with Gasteiger partial charge in [-0.3, -0.25) is 0 Å². The molecular formula is C15H13ClN2O. The average molecular weight is 273 g/mol. The number of hydrogen-bond acceptors (Lipinski definition) is 3.